The van der Waals surface area contributed by atoms with Gasteiger partial charge < -0.3 is 24.6 Å². The van der Waals surface area contributed by atoms with E-state index in [1.165, 1.54) is 69.1 Å². The predicted octanol–water partition coefficient (Wildman–Crippen LogP) is 6.08. The number of likely N-dealkylation sites (tertiary alicyclic amines) is 2. The van der Waals surface area contributed by atoms with Gasteiger partial charge in [-0.05, 0) is 89.4 Å². The van der Waals surface area contributed by atoms with E-state index in [9.17, 15) is 4.39 Å². The molecule has 1 aliphatic carbocycles. The second kappa shape index (κ2) is 12.3. The number of hydrogen-bond acceptors (Lipinski definition) is 6. The molecule has 2 aliphatic heterocycles. The maximum absolute atomic E-state index is 13.4. The van der Waals surface area contributed by atoms with Gasteiger partial charge in [0, 0.05) is 54.7 Å². The molecule has 0 unspecified atom stereocenters. The summed E-state index contributed by atoms with van der Waals surface area (Å²) < 4.78 is 25.4. The van der Waals surface area contributed by atoms with Crippen molar-refractivity contribution in [2.75, 3.05) is 51.8 Å². The number of hydrogen-bond donors (Lipinski definition) is 1. The fourth-order valence-corrected chi connectivity index (χ4v) is 6.15. The smallest absolute Gasteiger partial charge is 0.163 e. The number of pyridine rings is 1. The summed E-state index contributed by atoms with van der Waals surface area (Å²) in [6.45, 7) is 7.45. The van der Waals surface area contributed by atoms with Gasteiger partial charge in [0.2, 0.25) is 0 Å². The molecule has 202 valence electrons. The van der Waals surface area contributed by atoms with Gasteiger partial charge in [-0.2, -0.15) is 0 Å². The highest BCUT2D eigenvalue weighted by Crippen LogP contribution is 2.39. The first-order chi connectivity index (χ1) is 18.1. The Hall–Kier alpha value is -2.54. The van der Waals surface area contributed by atoms with E-state index in [0.29, 0.717) is 12.6 Å². The average molecular weight is 511 g/mol. The molecule has 0 spiro atoms. The lowest BCUT2D eigenvalue weighted by atomic mass is 9.98. The number of methoxy groups -OCH3 is 1. The van der Waals surface area contributed by atoms with E-state index in [4.69, 9.17) is 14.5 Å². The van der Waals surface area contributed by atoms with Crippen molar-refractivity contribution in [1.29, 1.82) is 0 Å². The minimum atomic E-state index is -0.127. The number of aromatic nitrogens is 1. The number of allylic oxidation sites excluding steroid dienone is 1. The molecule has 0 radical (unpaired) electrons. The Morgan fingerprint density at radius 1 is 1.05 bits per heavy atom. The number of aryl methyl sites for hydroxylation is 1. The Morgan fingerprint density at radius 3 is 2.59 bits per heavy atom. The van der Waals surface area contributed by atoms with Crippen molar-refractivity contribution in [1.82, 2.24) is 14.8 Å². The number of anilines is 1. The Kier molecular flexibility index (Phi) is 8.70. The zero-order valence-corrected chi connectivity index (χ0v) is 22.7. The third-order valence-corrected chi connectivity index (χ3v) is 8.11. The molecule has 3 heterocycles. The van der Waals surface area contributed by atoms with E-state index < -0.39 is 0 Å². The maximum Gasteiger partial charge on any atom is 0.163 e. The zero-order chi connectivity index (χ0) is 25.6. The van der Waals surface area contributed by atoms with E-state index in [1.807, 2.05) is 0 Å². The van der Waals surface area contributed by atoms with Gasteiger partial charge >= 0.3 is 0 Å². The van der Waals surface area contributed by atoms with Crippen LogP contribution in [-0.2, 0) is 12.8 Å². The third-order valence-electron chi connectivity index (χ3n) is 8.11. The lowest BCUT2D eigenvalue weighted by Gasteiger charge is -2.33. The Labute approximate surface area is 221 Å². The van der Waals surface area contributed by atoms with Crippen LogP contribution in [-0.4, -0.2) is 67.3 Å². The fourth-order valence-electron chi connectivity index (χ4n) is 6.15. The van der Waals surface area contributed by atoms with Gasteiger partial charge in [0.1, 0.15) is 5.83 Å². The molecule has 0 saturated carbocycles. The van der Waals surface area contributed by atoms with Gasteiger partial charge in [-0.3, -0.25) is 4.98 Å². The molecule has 2 saturated heterocycles. The summed E-state index contributed by atoms with van der Waals surface area (Å²) in [5.41, 5.74) is 4.79. The molecule has 5 rings (SSSR count). The Balaban J connectivity index is 1.38. The normalized spacial score (nSPS) is 19.6. The van der Waals surface area contributed by atoms with Crippen LogP contribution < -0.4 is 14.8 Å². The van der Waals surface area contributed by atoms with Crippen LogP contribution in [0.15, 0.2) is 24.2 Å². The molecule has 0 atom stereocenters. The highest BCUT2D eigenvalue weighted by molar-refractivity contribution is 5.96. The van der Waals surface area contributed by atoms with Gasteiger partial charge in [0.15, 0.2) is 11.5 Å². The first-order valence-corrected chi connectivity index (χ1v) is 14.3. The summed E-state index contributed by atoms with van der Waals surface area (Å²) in [4.78, 5) is 9.78. The summed E-state index contributed by atoms with van der Waals surface area (Å²) in [5, 5.41) is 5.04. The summed E-state index contributed by atoms with van der Waals surface area (Å²) in [5.74, 6) is 1.42. The van der Waals surface area contributed by atoms with Crippen LogP contribution in [0.1, 0.15) is 69.5 Å². The minimum absolute atomic E-state index is 0.127. The van der Waals surface area contributed by atoms with Crippen molar-refractivity contribution in [2.24, 2.45) is 0 Å². The average Bonchev–Trinajstić information content (AvgIpc) is 3.30. The lowest BCUT2D eigenvalue weighted by Crippen LogP contribution is -2.36. The van der Waals surface area contributed by atoms with Crippen molar-refractivity contribution in [3.05, 3.63) is 35.4 Å². The van der Waals surface area contributed by atoms with Crippen molar-refractivity contribution < 1.29 is 13.9 Å². The highest BCUT2D eigenvalue weighted by atomic mass is 19.1. The minimum Gasteiger partial charge on any atom is -0.493 e. The summed E-state index contributed by atoms with van der Waals surface area (Å²) in [6.07, 6.45) is 13.0. The summed E-state index contributed by atoms with van der Waals surface area (Å²) >= 11 is 0. The van der Waals surface area contributed by atoms with Crippen LogP contribution in [0.2, 0.25) is 0 Å². The molecule has 1 aromatic heterocycles. The highest BCUT2D eigenvalue weighted by Gasteiger charge is 2.24. The molecule has 1 aromatic carbocycles. The van der Waals surface area contributed by atoms with Crippen LogP contribution in [0.4, 0.5) is 10.1 Å². The number of nitrogens with one attached hydrogen (secondary N) is 1. The quantitative estimate of drug-likeness (QED) is 0.326. The second-order valence-electron chi connectivity index (χ2n) is 10.9. The van der Waals surface area contributed by atoms with E-state index in [1.54, 1.807) is 13.3 Å². The number of piperidine rings is 1. The van der Waals surface area contributed by atoms with Gasteiger partial charge in [0.05, 0.1) is 19.2 Å². The summed E-state index contributed by atoms with van der Waals surface area (Å²) in [7, 11) is 1.72. The molecule has 2 fully saturated rings. The molecule has 0 bridgehead atoms. The van der Waals surface area contributed by atoms with Crippen molar-refractivity contribution >= 4 is 16.6 Å². The van der Waals surface area contributed by atoms with Gasteiger partial charge in [-0.15, -0.1) is 0 Å². The maximum atomic E-state index is 13.4. The Morgan fingerprint density at radius 2 is 1.84 bits per heavy atom. The molecule has 2 aromatic rings. The van der Waals surface area contributed by atoms with E-state index >= 15 is 0 Å². The van der Waals surface area contributed by atoms with Crippen molar-refractivity contribution in [3.63, 3.8) is 0 Å². The standard InChI is InChI=1S/C30H43FN4O2/c1-22(31)21-35-16-11-23(12-17-35)32-30-24-9-4-3-5-10-26(24)33-27-20-29(28(36-2)19-25(27)30)37-18-8-15-34-13-6-7-14-34/h19-21,23H,3-18H2,1-2H3,(H,32,33)/b22-21-. The second-order valence-corrected chi connectivity index (χ2v) is 10.9. The fraction of sp³-hybridized carbons (Fsp3) is 0.633. The first-order valence-electron chi connectivity index (χ1n) is 14.3. The number of fused-ring (bicyclic) bond motifs is 2. The van der Waals surface area contributed by atoms with E-state index in [2.05, 4.69) is 27.2 Å². The third kappa shape index (κ3) is 6.49. The summed E-state index contributed by atoms with van der Waals surface area (Å²) in [6, 6.07) is 4.56. The SMILES string of the molecule is COc1cc2c(NC3CCN(/C=C(/C)F)CC3)c3c(nc2cc1OCCCN1CCCC1)CCCCC3. The molecule has 37 heavy (non-hydrogen) atoms. The topological polar surface area (TPSA) is 49.9 Å². The largest absolute Gasteiger partial charge is 0.493 e. The molecule has 1 N–H and O–H groups in total. The van der Waals surface area contributed by atoms with Crippen molar-refractivity contribution in [3.8, 4) is 11.5 Å². The van der Waals surface area contributed by atoms with Gasteiger partial charge in [0.25, 0.3) is 0 Å². The Bertz CT molecular complexity index is 1090. The number of benzene rings is 1. The van der Waals surface area contributed by atoms with Crippen molar-refractivity contribution in [2.45, 2.75) is 77.2 Å². The first kappa shape index (κ1) is 26.1. The predicted molar refractivity (Wildman–Crippen MR) is 148 cm³/mol. The van der Waals surface area contributed by atoms with Crippen LogP contribution in [0.25, 0.3) is 10.9 Å². The van der Waals surface area contributed by atoms with Crippen LogP contribution in [0, 0.1) is 0 Å². The monoisotopic (exact) mass is 510 g/mol. The van der Waals surface area contributed by atoms with E-state index in [-0.39, 0.29) is 5.83 Å². The van der Waals surface area contributed by atoms with Gasteiger partial charge in [-0.1, -0.05) is 6.42 Å². The number of rotatable bonds is 9. The molecular weight excluding hydrogens is 467 g/mol. The van der Waals surface area contributed by atoms with Gasteiger partial charge in [-0.25, -0.2) is 4.39 Å². The number of halogens is 1. The molecule has 0 amide bonds. The molecular formula is C30H43FN4O2. The number of nitrogens with zero attached hydrogens (tertiary/aromatic N) is 3. The lowest BCUT2D eigenvalue weighted by molar-refractivity contribution is 0.254. The molecule has 7 heteroatoms. The van der Waals surface area contributed by atoms with Crippen LogP contribution in [0.3, 0.4) is 0 Å². The van der Waals surface area contributed by atoms with Crippen LogP contribution >= 0.6 is 0 Å². The molecule has 3 aliphatic rings. The zero-order valence-electron chi connectivity index (χ0n) is 22.7. The number of ether oxygens (including phenoxy) is 2. The van der Waals surface area contributed by atoms with E-state index in [0.717, 1.165) is 74.1 Å². The van der Waals surface area contributed by atoms with Crippen LogP contribution in [0.5, 0.6) is 11.5 Å². The molecule has 6 nitrogen and oxygen atoms in total.